The number of hydrogen-bond donors (Lipinski definition) is 1. The molecule has 24 heavy (non-hydrogen) atoms. The lowest BCUT2D eigenvalue weighted by atomic mass is 10.2. The van der Waals surface area contributed by atoms with Gasteiger partial charge >= 0.3 is 0 Å². The van der Waals surface area contributed by atoms with Crippen LogP contribution in [0.5, 0.6) is 11.5 Å². The van der Waals surface area contributed by atoms with Gasteiger partial charge in [0.25, 0.3) is 0 Å². The summed E-state index contributed by atoms with van der Waals surface area (Å²) in [5.41, 5.74) is 1.06. The van der Waals surface area contributed by atoms with Crippen molar-refractivity contribution in [3.8, 4) is 11.5 Å². The Hall–Kier alpha value is -0.830. The lowest BCUT2D eigenvalue weighted by molar-refractivity contribution is 0.350. The van der Waals surface area contributed by atoms with Crippen LogP contribution >= 0.6 is 35.7 Å². The summed E-state index contributed by atoms with van der Waals surface area (Å²) in [5, 5.41) is 4.15. The van der Waals surface area contributed by atoms with Crippen LogP contribution in [-0.2, 0) is 6.54 Å². The van der Waals surface area contributed by atoms with E-state index >= 15 is 0 Å². The lowest BCUT2D eigenvalue weighted by Gasteiger charge is -2.34. The van der Waals surface area contributed by atoms with Gasteiger partial charge in [0.05, 0.1) is 14.2 Å². The maximum atomic E-state index is 5.49. The van der Waals surface area contributed by atoms with Gasteiger partial charge in [-0.1, -0.05) is 19.1 Å². The van der Waals surface area contributed by atoms with Gasteiger partial charge in [-0.25, -0.2) is 0 Å². The Bertz CT molecular complexity index is 543. The normalized spacial score (nSPS) is 17.9. The van der Waals surface area contributed by atoms with Gasteiger partial charge in [-0.2, -0.15) is 11.8 Å². The zero-order valence-corrected chi connectivity index (χ0v) is 18.0. The summed E-state index contributed by atoms with van der Waals surface area (Å²) in [5.74, 6) is 3.64. The molecule has 0 radical (unpaired) electrons. The summed E-state index contributed by atoms with van der Waals surface area (Å²) in [6, 6.07) is 5.93. The predicted octanol–water partition coefficient (Wildman–Crippen LogP) is 3.22. The lowest BCUT2D eigenvalue weighted by Crippen LogP contribution is -2.47. The summed E-state index contributed by atoms with van der Waals surface area (Å²) in [6.07, 6.45) is 1.20. The van der Waals surface area contributed by atoms with Crippen molar-refractivity contribution in [3.63, 3.8) is 0 Å². The minimum Gasteiger partial charge on any atom is -0.493 e. The zero-order valence-electron chi connectivity index (χ0n) is 14.9. The van der Waals surface area contributed by atoms with E-state index < -0.39 is 0 Å². The first-order valence-corrected chi connectivity index (χ1v) is 9.05. The molecule has 0 amide bonds. The molecule has 7 heteroatoms. The van der Waals surface area contributed by atoms with Crippen LogP contribution in [0.4, 0.5) is 0 Å². The number of ether oxygens (including phenoxy) is 2. The number of methoxy groups -OCH3 is 2. The number of nitrogens with zero attached hydrogens (tertiary/aromatic N) is 2. The van der Waals surface area contributed by atoms with Crippen molar-refractivity contribution < 1.29 is 9.47 Å². The van der Waals surface area contributed by atoms with Gasteiger partial charge in [0, 0.05) is 43.2 Å². The summed E-state index contributed by atoms with van der Waals surface area (Å²) < 4.78 is 10.9. The maximum Gasteiger partial charge on any atom is 0.193 e. The van der Waals surface area contributed by atoms with Crippen LogP contribution in [-0.4, -0.2) is 56.2 Å². The SMILES string of the molecule is CCC1CN(C(=NC)NCc2cccc(OC)c2OC)CCS1.I. The van der Waals surface area contributed by atoms with Crippen molar-refractivity contribution in [1.29, 1.82) is 0 Å². The fraction of sp³-hybridized carbons (Fsp3) is 0.588. The number of benzene rings is 1. The zero-order chi connectivity index (χ0) is 16.7. The second-order valence-electron chi connectivity index (χ2n) is 5.40. The van der Waals surface area contributed by atoms with Crippen LogP contribution in [0.1, 0.15) is 18.9 Å². The summed E-state index contributed by atoms with van der Waals surface area (Å²) in [6.45, 7) is 5.00. The van der Waals surface area contributed by atoms with Gasteiger partial charge in [0.2, 0.25) is 0 Å². The topological polar surface area (TPSA) is 46.1 Å². The first-order valence-electron chi connectivity index (χ1n) is 8.00. The largest absolute Gasteiger partial charge is 0.493 e. The molecule has 5 nitrogen and oxygen atoms in total. The van der Waals surface area contributed by atoms with E-state index in [-0.39, 0.29) is 24.0 Å². The van der Waals surface area contributed by atoms with E-state index in [0.717, 1.165) is 41.9 Å². The van der Waals surface area contributed by atoms with Crippen LogP contribution < -0.4 is 14.8 Å². The molecule has 1 aromatic carbocycles. The number of rotatable bonds is 5. The Morgan fingerprint density at radius 3 is 2.79 bits per heavy atom. The molecule has 1 saturated heterocycles. The first kappa shape index (κ1) is 21.2. The van der Waals surface area contributed by atoms with Crippen molar-refractivity contribution in [1.82, 2.24) is 10.2 Å². The van der Waals surface area contributed by atoms with Crippen LogP contribution in [0.15, 0.2) is 23.2 Å². The van der Waals surface area contributed by atoms with E-state index in [9.17, 15) is 0 Å². The molecule has 1 heterocycles. The maximum absolute atomic E-state index is 5.49. The van der Waals surface area contributed by atoms with Crippen molar-refractivity contribution in [2.75, 3.05) is 40.1 Å². The van der Waals surface area contributed by atoms with E-state index in [1.54, 1.807) is 14.2 Å². The molecule has 0 aliphatic carbocycles. The molecule has 1 N–H and O–H groups in total. The Labute approximate surface area is 166 Å². The number of thioether (sulfide) groups is 1. The number of nitrogens with one attached hydrogen (secondary N) is 1. The van der Waals surface area contributed by atoms with E-state index in [0.29, 0.717) is 11.8 Å². The second-order valence-corrected chi connectivity index (χ2v) is 6.81. The van der Waals surface area contributed by atoms with Gasteiger partial charge < -0.3 is 19.7 Å². The highest BCUT2D eigenvalue weighted by Crippen LogP contribution is 2.30. The van der Waals surface area contributed by atoms with Crippen LogP contribution in [0.3, 0.4) is 0 Å². The molecule has 1 fully saturated rings. The third kappa shape index (κ3) is 5.34. The summed E-state index contributed by atoms with van der Waals surface area (Å²) in [4.78, 5) is 6.79. The van der Waals surface area contributed by atoms with Crippen LogP contribution in [0.25, 0.3) is 0 Å². The van der Waals surface area contributed by atoms with Crippen molar-refractivity contribution in [2.24, 2.45) is 4.99 Å². The molecule has 0 spiro atoms. The minimum atomic E-state index is 0. The quantitative estimate of drug-likeness (QED) is 0.411. The fourth-order valence-corrected chi connectivity index (χ4v) is 3.94. The standard InChI is InChI=1S/C17H27N3O2S.HI/c1-5-14-12-20(9-10-23-14)17(18-2)19-11-13-7-6-8-15(21-3)16(13)22-4;/h6-8,14H,5,9-12H2,1-4H3,(H,18,19);1H. The molecule has 0 bridgehead atoms. The molecule has 0 aromatic heterocycles. The van der Waals surface area contributed by atoms with Gasteiger partial charge in [-0.3, -0.25) is 4.99 Å². The Morgan fingerprint density at radius 1 is 1.38 bits per heavy atom. The van der Waals surface area contributed by atoms with Gasteiger partial charge in [0.15, 0.2) is 17.5 Å². The van der Waals surface area contributed by atoms with Crippen molar-refractivity contribution >= 4 is 41.7 Å². The predicted molar refractivity (Wildman–Crippen MR) is 113 cm³/mol. The molecule has 136 valence electrons. The third-order valence-corrected chi connectivity index (χ3v) is 5.40. The van der Waals surface area contributed by atoms with E-state index in [1.807, 2.05) is 25.2 Å². The Kier molecular flexibility index (Phi) is 9.65. The highest BCUT2D eigenvalue weighted by atomic mass is 127. The van der Waals surface area contributed by atoms with E-state index in [2.05, 4.69) is 33.9 Å². The highest BCUT2D eigenvalue weighted by Gasteiger charge is 2.21. The smallest absolute Gasteiger partial charge is 0.193 e. The molecular formula is C17H28IN3O2S. The molecule has 2 rings (SSSR count). The number of hydrogen-bond acceptors (Lipinski definition) is 4. The third-order valence-electron chi connectivity index (χ3n) is 4.03. The fourth-order valence-electron chi connectivity index (χ4n) is 2.76. The Morgan fingerprint density at radius 2 is 2.17 bits per heavy atom. The molecule has 0 saturated carbocycles. The molecule has 1 unspecified atom stereocenters. The average molecular weight is 465 g/mol. The van der Waals surface area contributed by atoms with Crippen molar-refractivity contribution in [2.45, 2.75) is 25.1 Å². The number of guanidine groups is 1. The number of para-hydroxylation sites is 1. The molecule has 1 aliphatic heterocycles. The first-order chi connectivity index (χ1) is 11.2. The minimum absolute atomic E-state index is 0. The Balaban J connectivity index is 0.00000288. The monoisotopic (exact) mass is 465 g/mol. The highest BCUT2D eigenvalue weighted by molar-refractivity contribution is 14.0. The number of halogens is 1. The van der Waals surface area contributed by atoms with Gasteiger partial charge in [0.1, 0.15) is 0 Å². The molecule has 1 atom stereocenters. The summed E-state index contributed by atoms with van der Waals surface area (Å²) in [7, 11) is 5.17. The molecule has 1 aromatic rings. The van der Waals surface area contributed by atoms with Crippen LogP contribution in [0, 0.1) is 0 Å². The summed E-state index contributed by atoms with van der Waals surface area (Å²) >= 11 is 2.06. The van der Waals surface area contributed by atoms with Gasteiger partial charge in [-0.05, 0) is 12.5 Å². The average Bonchev–Trinajstić information content (AvgIpc) is 2.62. The second kappa shape index (κ2) is 10.9. The number of aliphatic imine (C=N–C) groups is 1. The molecular weight excluding hydrogens is 437 g/mol. The van der Waals surface area contributed by atoms with Crippen molar-refractivity contribution in [3.05, 3.63) is 23.8 Å². The van der Waals surface area contributed by atoms with E-state index in [4.69, 9.17) is 9.47 Å². The van der Waals surface area contributed by atoms with Crippen LogP contribution in [0.2, 0.25) is 0 Å². The van der Waals surface area contributed by atoms with E-state index in [1.165, 1.54) is 6.42 Å². The van der Waals surface area contributed by atoms with Gasteiger partial charge in [-0.15, -0.1) is 24.0 Å². The molecule has 1 aliphatic rings.